The van der Waals surface area contributed by atoms with Crippen LogP contribution in [0.5, 0.6) is 0 Å². The van der Waals surface area contributed by atoms with Gasteiger partial charge in [0.05, 0.1) is 0 Å². The average Bonchev–Trinajstić information content (AvgIpc) is 2.45. The van der Waals surface area contributed by atoms with Gasteiger partial charge in [-0.3, -0.25) is 0 Å². The first-order valence-electron chi connectivity index (χ1n) is 7.22. The molecule has 0 spiro atoms. The van der Waals surface area contributed by atoms with Crippen LogP contribution in [0.3, 0.4) is 0 Å². The van der Waals surface area contributed by atoms with Gasteiger partial charge in [0.2, 0.25) is 0 Å². The molecule has 1 fully saturated rings. The normalized spacial score (nSPS) is 20.3. The molecule has 2 atom stereocenters. The molecule has 1 N–H and O–H groups in total. The number of rotatable bonds is 2. The standard InChI is InChI=1S/C16H21NO5/c1-16(2,3)22-15(20)17-10-9-12(21-14(17)19)13(18)11-7-5-4-6-8-11/h4-8,12-13,18H,9-10H2,1-3H3/t12-,13-/m1/s1. The van der Waals surface area contributed by atoms with Crippen molar-refractivity contribution in [3.8, 4) is 0 Å². The lowest BCUT2D eigenvalue weighted by Gasteiger charge is -2.33. The highest BCUT2D eigenvalue weighted by atomic mass is 16.6. The Hall–Kier alpha value is -2.08. The summed E-state index contributed by atoms with van der Waals surface area (Å²) < 4.78 is 10.3. The Balaban J connectivity index is 1.98. The van der Waals surface area contributed by atoms with E-state index in [0.29, 0.717) is 12.0 Å². The fraction of sp³-hybridized carbons (Fsp3) is 0.500. The average molecular weight is 307 g/mol. The molecule has 0 unspecified atom stereocenters. The van der Waals surface area contributed by atoms with E-state index in [0.717, 1.165) is 4.90 Å². The molecule has 0 aliphatic carbocycles. The third-order valence-corrected chi connectivity index (χ3v) is 3.22. The number of imide groups is 1. The molecule has 1 saturated heterocycles. The van der Waals surface area contributed by atoms with E-state index in [1.54, 1.807) is 45.0 Å². The predicted molar refractivity (Wildman–Crippen MR) is 79.2 cm³/mol. The van der Waals surface area contributed by atoms with Crippen molar-refractivity contribution in [1.29, 1.82) is 0 Å². The Morgan fingerprint density at radius 1 is 1.36 bits per heavy atom. The van der Waals surface area contributed by atoms with Crippen LogP contribution < -0.4 is 0 Å². The van der Waals surface area contributed by atoms with E-state index in [1.807, 2.05) is 6.07 Å². The smallest absolute Gasteiger partial charge is 0.419 e. The van der Waals surface area contributed by atoms with Crippen molar-refractivity contribution >= 4 is 12.2 Å². The third-order valence-electron chi connectivity index (χ3n) is 3.22. The summed E-state index contributed by atoms with van der Waals surface area (Å²) in [5.74, 6) is 0. The van der Waals surface area contributed by atoms with E-state index in [2.05, 4.69) is 0 Å². The van der Waals surface area contributed by atoms with Crippen molar-refractivity contribution in [2.24, 2.45) is 0 Å². The summed E-state index contributed by atoms with van der Waals surface area (Å²) in [7, 11) is 0. The molecule has 6 heteroatoms. The summed E-state index contributed by atoms with van der Waals surface area (Å²) in [4.78, 5) is 24.8. The van der Waals surface area contributed by atoms with Crippen LogP contribution in [0.25, 0.3) is 0 Å². The first-order chi connectivity index (χ1) is 10.3. The Morgan fingerprint density at radius 3 is 2.55 bits per heavy atom. The molecule has 1 heterocycles. The highest BCUT2D eigenvalue weighted by Crippen LogP contribution is 2.26. The number of ether oxygens (including phenoxy) is 2. The lowest BCUT2D eigenvalue weighted by atomic mass is 10.0. The summed E-state index contributed by atoms with van der Waals surface area (Å²) in [6, 6.07) is 8.97. The zero-order valence-corrected chi connectivity index (χ0v) is 13.0. The largest absolute Gasteiger partial charge is 0.443 e. The van der Waals surface area contributed by atoms with E-state index in [-0.39, 0.29) is 6.54 Å². The second kappa shape index (κ2) is 6.36. The van der Waals surface area contributed by atoms with Crippen molar-refractivity contribution in [2.45, 2.75) is 45.0 Å². The highest BCUT2D eigenvalue weighted by molar-refractivity contribution is 5.88. The highest BCUT2D eigenvalue weighted by Gasteiger charge is 2.37. The van der Waals surface area contributed by atoms with Crippen LogP contribution in [0, 0.1) is 0 Å². The number of benzene rings is 1. The van der Waals surface area contributed by atoms with E-state index in [1.165, 1.54) is 0 Å². The number of cyclic esters (lactones) is 1. The Kier molecular flexibility index (Phi) is 4.71. The maximum absolute atomic E-state index is 12.0. The van der Waals surface area contributed by atoms with Crippen LogP contribution in [0.15, 0.2) is 30.3 Å². The minimum absolute atomic E-state index is 0.155. The van der Waals surface area contributed by atoms with Crippen molar-refractivity contribution in [2.75, 3.05) is 6.54 Å². The van der Waals surface area contributed by atoms with Gasteiger partial charge < -0.3 is 14.6 Å². The van der Waals surface area contributed by atoms with E-state index < -0.39 is 30.0 Å². The minimum atomic E-state index is -0.911. The summed E-state index contributed by atoms with van der Waals surface area (Å²) in [5, 5.41) is 10.3. The molecule has 6 nitrogen and oxygen atoms in total. The second-order valence-electron chi connectivity index (χ2n) is 6.20. The molecule has 0 radical (unpaired) electrons. The van der Waals surface area contributed by atoms with Gasteiger partial charge in [0.1, 0.15) is 17.8 Å². The quantitative estimate of drug-likeness (QED) is 0.909. The number of carbonyl (C=O) groups excluding carboxylic acids is 2. The van der Waals surface area contributed by atoms with Gasteiger partial charge >= 0.3 is 12.2 Å². The number of carbonyl (C=O) groups is 2. The van der Waals surface area contributed by atoms with E-state index in [9.17, 15) is 14.7 Å². The lowest BCUT2D eigenvalue weighted by molar-refractivity contribution is -0.0470. The van der Waals surface area contributed by atoms with E-state index >= 15 is 0 Å². The van der Waals surface area contributed by atoms with Gasteiger partial charge in [0, 0.05) is 13.0 Å². The first-order valence-corrected chi connectivity index (χ1v) is 7.22. The molecule has 1 aliphatic rings. The van der Waals surface area contributed by atoms with Gasteiger partial charge in [0.25, 0.3) is 0 Å². The molecule has 1 aromatic rings. The fourth-order valence-corrected chi connectivity index (χ4v) is 2.17. The van der Waals surface area contributed by atoms with Gasteiger partial charge in [-0.15, -0.1) is 0 Å². The number of amides is 2. The number of aliphatic hydroxyl groups excluding tert-OH is 1. The van der Waals surface area contributed by atoms with Gasteiger partial charge in [-0.05, 0) is 26.3 Å². The molecular weight excluding hydrogens is 286 g/mol. The number of nitrogens with zero attached hydrogens (tertiary/aromatic N) is 1. The molecule has 0 saturated carbocycles. The molecule has 120 valence electrons. The van der Waals surface area contributed by atoms with E-state index in [4.69, 9.17) is 9.47 Å². The van der Waals surface area contributed by atoms with Crippen molar-refractivity contribution in [3.05, 3.63) is 35.9 Å². The number of hydrogen-bond donors (Lipinski definition) is 1. The van der Waals surface area contributed by atoms with Crippen LogP contribution in [0.1, 0.15) is 38.9 Å². The molecule has 2 amide bonds. The maximum atomic E-state index is 12.0. The zero-order valence-electron chi connectivity index (χ0n) is 13.0. The van der Waals surface area contributed by atoms with Crippen molar-refractivity contribution < 1.29 is 24.2 Å². The lowest BCUT2D eigenvalue weighted by Crippen LogP contribution is -2.48. The molecular formula is C16H21NO5. The Morgan fingerprint density at radius 2 is 2.00 bits per heavy atom. The molecule has 1 aliphatic heterocycles. The number of aliphatic hydroxyl groups is 1. The van der Waals surface area contributed by atoms with Crippen LogP contribution in [0.2, 0.25) is 0 Å². The van der Waals surface area contributed by atoms with Crippen molar-refractivity contribution in [1.82, 2.24) is 4.90 Å². The maximum Gasteiger partial charge on any atom is 0.419 e. The number of hydrogen-bond acceptors (Lipinski definition) is 5. The summed E-state index contributed by atoms with van der Waals surface area (Å²) in [5.41, 5.74) is -0.0105. The Labute approximate surface area is 129 Å². The zero-order chi connectivity index (χ0) is 16.3. The van der Waals surface area contributed by atoms with Gasteiger partial charge in [-0.1, -0.05) is 30.3 Å². The molecule has 22 heavy (non-hydrogen) atoms. The fourth-order valence-electron chi connectivity index (χ4n) is 2.17. The third kappa shape index (κ3) is 3.98. The summed E-state index contributed by atoms with van der Waals surface area (Å²) in [6.45, 7) is 5.33. The first kappa shape index (κ1) is 16.3. The second-order valence-corrected chi connectivity index (χ2v) is 6.20. The van der Waals surface area contributed by atoms with Crippen LogP contribution in [-0.4, -0.2) is 40.4 Å². The van der Waals surface area contributed by atoms with Crippen LogP contribution >= 0.6 is 0 Å². The molecule has 0 bridgehead atoms. The van der Waals surface area contributed by atoms with Gasteiger partial charge in [0.15, 0.2) is 0 Å². The molecule has 1 aromatic carbocycles. The molecule has 2 rings (SSSR count). The van der Waals surface area contributed by atoms with Gasteiger partial charge in [-0.25, -0.2) is 14.5 Å². The Bertz CT molecular complexity index is 537. The SMILES string of the molecule is CC(C)(C)OC(=O)N1CC[C@H]([C@H](O)c2ccccc2)OC1=O. The molecule has 0 aromatic heterocycles. The topological polar surface area (TPSA) is 76.1 Å². The predicted octanol–water partition coefficient (Wildman–Crippen LogP) is 2.87. The van der Waals surface area contributed by atoms with Crippen LogP contribution in [-0.2, 0) is 9.47 Å². The van der Waals surface area contributed by atoms with Crippen molar-refractivity contribution in [3.63, 3.8) is 0 Å². The minimum Gasteiger partial charge on any atom is -0.443 e. The van der Waals surface area contributed by atoms with Gasteiger partial charge in [-0.2, -0.15) is 0 Å². The van der Waals surface area contributed by atoms with Crippen LogP contribution in [0.4, 0.5) is 9.59 Å². The summed E-state index contributed by atoms with van der Waals surface area (Å²) in [6.07, 6.45) is -2.76. The summed E-state index contributed by atoms with van der Waals surface area (Å²) >= 11 is 0. The monoisotopic (exact) mass is 307 g/mol.